The lowest BCUT2D eigenvalue weighted by Crippen LogP contribution is -2.31. The minimum atomic E-state index is -0.142. The molecular weight excluding hydrogens is 320 g/mol. The first-order valence-corrected chi connectivity index (χ1v) is 7.61. The standard InChI is InChI=1S/C15H21BrN2O2/c1-4-18(5-2)14(20)10-9-13(19)17-12-8-6-7-11(3)15(12)16/h6-8H,4-5,9-10H2,1-3H3,(H,17,19). The summed E-state index contributed by atoms with van der Waals surface area (Å²) in [5.74, 6) is -0.120. The Bertz CT molecular complexity index is 485. The molecule has 1 aromatic carbocycles. The molecule has 0 unspecified atom stereocenters. The smallest absolute Gasteiger partial charge is 0.224 e. The first kappa shape index (κ1) is 16.7. The van der Waals surface area contributed by atoms with Crippen molar-refractivity contribution < 1.29 is 9.59 Å². The van der Waals surface area contributed by atoms with E-state index in [0.29, 0.717) is 13.1 Å². The van der Waals surface area contributed by atoms with Gasteiger partial charge in [-0.15, -0.1) is 0 Å². The average Bonchev–Trinajstić information content (AvgIpc) is 2.43. The molecule has 20 heavy (non-hydrogen) atoms. The molecule has 2 amide bonds. The predicted octanol–water partition coefficient (Wildman–Crippen LogP) is 3.34. The number of hydrogen-bond acceptors (Lipinski definition) is 2. The van der Waals surface area contributed by atoms with Gasteiger partial charge in [0, 0.05) is 30.4 Å². The van der Waals surface area contributed by atoms with Gasteiger partial charge in [-0.25, -0.2) is 0 Å². The molecule has 1 rings (SSSR count). The van der Waals surface area contributed by atoms with E-state index >= 15 is 0 Å². The molecule has 0 bridgehead atoms. The zero-order valence-electron chi connectivity index (χ0n) is 12.2. The first-order chi connectivity index (χ1) is 9.49. The van der Waals surface area contributed by atoms with E-state index < -0.39 is 0 Å². The molecular formula is C15H21BrN2O2. The summed E-state index contributed by atoms with van der Waals surface area (Å²) in [5, 5.41) is 2.82. The summed E-state index contributed by atoms with van der Waals surface area (Å²) in [7, 11) is 0. The van der Waals surface area contributed by atoms with Crippen molar-refractivity contribution in [2.45, 2.75) is 33.6 Å². The molecule has 0 fully saturated rings. The third kappa shape index (κ3) is 4.63. The number of carbonyl (C=O) groups excluding carboxylic acids is 2. The van der Waals surface area contributed by atoms with E-state index in [2.05, 4.69) is 21.2 Å². The Labute approximate surface area is 128 Å². The molecule has 0 aliphatic rings. The maximum Gasteiger partial charge on any atom is 0.224 e. The van der Waals surface area contributed by atoms with Crippen LogP contribution in [-0.2, 0) is 9.59 Å². The molecule has 0 radical (unpaired) electrons. The fraction of sp³-hybridized carbons (Fsp3) is 0.467. The van der Waals surface area contributed by atoms with Crippen LogP contribution in [-0.4, -0.2) is 29.8 Å². The summed E-state index contributed by atoms with van der Waals surface area (Å²) in [5.41, 5.74) is 1.80. The highest BCUT2D eigenvalue weighted by Gasteiger charge is 2.13. The van der Waals surface area contributed by atoms with Crippen molar-refractivity contribution in [2.75, 3.05) is 18.4 Å². The Hall–Kier alpha value is -1.36. The number of aryl methyl sites for hydroxylation is 1. The van der Waals surface area contributed by atoms with Gasteiger partial charge >= 0.3 is 0 Å². The van der Waals surface area contributed by atoms with Gasteiger partial charge in [-0.1, -0.05) is 12.1 Å². The van der Waals surface area contributed by atoms with Crippen LogP contribution in [0.3, 0.4) is 0 Å². The fourth-order valence-corrected chi connectivity index (χ4v) is 2.28. The maximum atomic E-state index is 11.9. The number of carbonyl (C=O) groups is 2. The number of nitrogens with zero attached hydrogens (tertiary/aromatic N) is 1. The van der Waals surface area contributed by atoms with Gasteiger partial charge in [0.05, 0.1) is 5.69 Å². The molecule has 0 spiro atoms. The Morgan fingerprint density at radius 1 is 1.20 bits per heavy atom. The molecule has 0 aromatic heterocycles. The first-order valence-electron chi connectivity index (χ1n) is 6.82. The Morgan fingerprint density at radius 2 is 1.85 bits per heavy atom. The van der Waals surface area contributed by atoms with E-state index in [1.54, 1.807) is 4.90 Å². The minimum absolute atomic E-state index is 0.0217. The molecule has 1 aromatic rings. The van der Waals surface area contributed by atoms with Gasteiger partial charge in [0.1, 0.15) is 0 Å². The molecule has 0 heterocycles. The average molecular weight is 341 g/mol. The van der Waals surface area contributed by atoms with Crippen LogP contribution in [0.25, 0.3) is 0 Å². The van der Waals surface area contributed by atoms with Crippen molar-refractivity contribution >= 4 is 33.4 Å². The van der Waals surface area contributed by atoms with Crippen LogP contribution < -0.4 is 5.32 Å². The van der Waals surface area contributed by atoms with E-state index in [-0.39, 0.29) is 24.7 Å². The van der Waals surface area contributed by atoms with Crippen LogP contribution >= 0.6 is 15.9 Å². The van der Waals surface area contributed by atoms with Gasteiger partial charge < -0.3 is 10.2 Å². The number of anilines is 1. The predicted molar refractivity (Wildman–Crippen MR) is 84.7 cm³/mol. The zero-order valence-corrected chi connectivity index (χ0v) is 13.8. The van der Waals surface area contributed by atoms with Gasteiger partial charge in [0.15, 0.2) is 0 Å². The van der Waals surface area contributed by atoms with Crippen LogP contribution in [0.5, 0.6) is 0 Å². The molecule has 0 saturated heterocycles. The van der Waals surface area contributed by atoms with E-state index in [9.17, 15) is 9.59 Å². The van der Waals surface area contributed by atoms with Crippen LogP contribution in [0.15, 0.2) is 22.7 Å². The number of halogens is 1. The Morgan fingerprint density at radius 3 is 2.45 bits per heavy atom. The van der Waals surface area contributed by atoms with E-state index in [0.717, 1.165) is 15.7 Å². The van der Waals surface area contributed by atoms with Gasteiger partial charge in [0.2, 0.25) is 11.8 Å². The summed E-state index contributed by atoms with van der Waals surface area (Å²) in [6, 6.07) is 5.68. The number of nitrogens with one attached hydrogen (secondary N) is 1. The van der Waals surface area contributed by atoms with Gasteiger partial charge in [0.25, 0.3) is 0 Å². The van der Waals surface area contributed by atoms with Gasteiger partial charge in [-0.05, 0) is 48.3 Å². The van der Waals surface area contributed by atoms with E-state index in [1.165, 1.54) is 0 Å². The number of benzene rings is 1. The third-order valence-corrected chi connectivity index (χ3v) is 4.20. The summed E-state index contributed by atoms with van der Waals surface area (Å²) in [6.07, 6.45) is 0.451. The molecule has 1 N–H and O–H groups in total. The Balaban J connectivity index is 2.52. The second kappa shape index (κ2) is 8.04. The van der Waals surface area contributed by atoms with Crippen LogP contribution in [0.2, 0.25) is 0 Å². The van der Waals surface area contributed by atoms with Crippen LogP contribution in [0.1, 0.15) is 32.3 Å². The lowest BCUT2D eigenvalue weighted by atomic mass is 10.2. The van der Waals surface area contributed by atoms with Crippen molar-refractivity contribution in [3.63, 3.8) is 0 Å². The molecule has 5 heteroatoms. The van der Waals surface area contributed by atoms with E-state index in [4.69, 9.17) is 0 Å². The van der Waals surface area contributed by atoms with Gasteiger partial charge in [-0.2, -0.15) is 0 Å². The second-order valence-corrected chi connectivity index (χ2v) is 5.34. The topological polar surface area (TPSA) is 49.4 Å². The highest BCUT2D eigenvalue weighted by molar-refractivity contribution is 9.10. The van der Waals surface area contributed by atoms with Crippen molar-refractivity contribution in [1.82, 2.24) is 4.90 Å². The van der Waals surface area contributed by atoms with Crippen molar-refractivity contribution in [2.24, 2.45) is 0 Å². The highest BCUT2D eigenvalue weighted by atomic mass is 79.9. The van der Waals surface area contributed by atoms with Crippen molar-refractivity contribution in [3.8, 4) is 0 Å². The molecule has 110 valence electrons. The van der Waals surface area contributed by atoms with Gasteiger partial charge in [-0.3, -0.25) is 9.59 Å². The molecule has 0 atom stereocenters. The third-order valence-electron chi connectivity index (χ3n) is 3.15. The monoisotopic (exact) mass is 340 g/mol. The van der Waals surface area contributed by atoms with Crippen molar-refractivity contribution in [3.05, 3.63) is 28.2 Å². The highest BCUT2D eigenvalue weighted by Crippen LogP contribution is 2.25. The summed E-state index contributed by atoms with van der Waals surface area (Å²) in [6.45, 7) is 7.20. The largest absolute Gasteiger partial charge is 0.343 e. The molecule has 4 nitrogen and oxygen atoms in total. The fourth-order valence-electron chi connectivity index (χ4n) is 1.91. The minimum Gasteiger partial charge on any atom is -0.343 e. The van der Waals surface area contributed by atoms with Crippen molar-refractivity contribution in [1.29, 1.82) is 0 Å². The maximum absolute atomic E-state index is 11.9. The lowest BCUT2D eigenvalue weighted by Gasteiger charge is -2.18. The number of hydrogen-bond donors (Lipinski definition) is 1. The normalized spacial score (nSPS) is 10.2. The number of rotatable bonds is 6. The van der Waals surface area contributed by atoms with Crippen LogP contribution in [0.4, 0.5) is 5.69 Å². The quantitative estimate of drug-likeness (QED) is 0.863. The Kier molecular flexibility index (Phi) is 6.71. The summed E-state index contributed by atoms with van der Waals surface area (Å²) in [4.78, 5) is 25.4. The molecule has 0 aliphatic heterocycles. The summed E-state index contributed by atoms with van der Waals surface area (Å²) < 4.78 is 0.878. The zero-order chi connectivity index (χ0) is 15.1. The summed E-state index contributed by atoms with van der Waals surface area (Å²) >= 11 is 3.44. The second-order valence-electron chi connectivity index (χ2n) is 4.55. The lowest BCUT2D eigenvalue weighted by molar-refractivity contribution is -0.132. The van der Waals surface area contributed by atoms with Crippen LogP contribution in [0, 0.1) is 6.92 Å². The SMILES string of the molecule is CCN(CC)C(=O)CCC(=O)Nc1cccc(C)c1Br. The number of amides is 2. The van der Waals surface area contributed by atoms with E-state index in [1.807, 2.05) is 39.0 Å². The molecule has 0 aliphatic carbocycles. The molecule has 0 saturated carbocycles.